The van der Waals surface area contributed by atoms with Gasteiger partial charge in [-0.25, -0.2) is 0 Å². The molecule has 6 heteroatoms. The summed E-state index contributed by atoms with van der Waals surface area (Å²) in [7, 11) is 1.37. The number of hydrogen-bond acceptors (Lipinski definition) is 3. The SMILES string of the molecule is C=C(C)CC1(C2C=CCC2)C(=O)[N-]C(=O)N(C)C1=O.[Na+]. The summed E-state index contributed by atoms with van der Waals surface area (Å²) in [6.45, 7) is 5.58. The molecule has 0 bridgehead atoms. The summed E-state index contributed by atoms with van der Waals surface area (Å²) in [5, 5.41) is 3.52. The van der Waals surface area contributed by atoms with Gasteiger partial charge in [-0.05, 0) is 32.1 Å². The van der Waals surface area contributed by atoms with Gasteiger partial charge < -0.3 is 10.2 Å². The Hall–Kier alpha value is -0.910. The van der Waals surface area contributed by atoms with E-state index in [-0.39, 0.29) is 41.9 Å². The van der Waals surface area contributed by atoms with Crippen molar-refractivity contribution in [3.05, 3.63) is 29.6 Å². The van der Waals surface area contributed by atoms with Crippen LogP contribution in [0.1, 0.15) is 26.2 Å². The number of imide groups is 2. The Morgan fingerprint density at radius 2 is 2.15 bits per heavy atom. The second-order valence-corrected chi connectivity index (χ2v) is 5.28. The van der Waals surface area contributed by atoms with E-state index < -0.39 is 23.3 Å². The molecule has 0 saturated carbocycles. The predicted octanol–water partition coefficient (Wildman–Crippen LogP) is -0.598. The van der Waals surface area contributed by atoms with Crippen LogP contribution in [0.5, 0.6) is 0 Å². The largest absolute Gasteiger partial charge is 1.00 e. The third-order valence-electron chi connectivity index (χ3n) is 3.78. The maximum absolute atomic E-state index is 12.5. The fourth-order valence-corrected chi connectivity index (χ4v) is 2.86. The number of amides is 4. The molecule has 5 nitrogen and oxygen atoms in total. The standard InChI is InChI=1S/C14H18N2O3.Na/c1-9(2)8-14(10-6-4-5-7-10)11(17)15-13(19)16(3)12(14)18;/h4,6,10H,1,5,7-8H2,2-3H3,(H,15,17,19);/q;+1/p-1. The van der Waals surface area contributed by atoms with E-state index in [4.69, 9.17) is 0 Å². The minimum Gasteiger partial charge on any atom is -0.384 e. The van der Waals surface area contributed by atoms with Gasteiger partial charge in [-0.15, -0.1) is 6.58 Å². The zero-order valence-corrected chi connectivity index (χ0v) is 14.2. The van der Waals surface area contributed by atoms with Crippen LogP contribution in [0, 0.1) is 11.3 Å². The van der Waals surface area contributed by atoms with Crippen molar-refractivity contribution < 1.29 is 43.9 Å². The molecule has 2 rings (SSSR count). The summed E-state index contributed by atoms with van der Waals surface area (Å²) in [6.07, 6.45) is 5.64. The van der Waals surface area contributed by atoms with Gasteiger partial charge in [0.1, 0.15) is 0 Å². The smallest absolute Gasteiger partial charge is 0.384 e. The second kappa shape index (κ2) is 6.24. The molecule has 2 atom stereocenters. The number of carbonyl (C=O) groups is 3. The Balaban J connectivity index is 0.00000200. The molecule has 1 saturated heterocycles. The molecule has 1 aliphatic heterocycles. The van der Waals surface area contributed by atoms with Crippen LogP contribution in [0.3, 0.4) is 0 Å². The van der Waals surface area contributed by atoms with E-state index in [1.807, 2.05) is 12.2 Å². The van der Waals surface area contributed by atoms with Crippen molar-refractivity contribution in [2.45, 2.75) is 26.2 Å². The molecular weight excluding hydrogens is 267 g/mol. The zero-order chi connectivity index (χ0) is 14.2. The number of hydrogen-bond donors (Lipinski definition) is 0. The average Bonchev–Trinajstić information content (AvgIpc) is 2.86. The molecule has 0 aromatic rings. The van der Waals surface area contributed by atoms with E-state index in [9.17, 15) is 14.4 Å². The summed E-state index contributed by atoms with van der Waals surface area (Å²) in [5.41, 5.74) is -0.540. The van der Waals surface area contributed by atoms with Gasteiger partial charge in [0.05, 0.1) is 5.41 Å². The van der Waals surface area contributed by atoms with Crippen LogP contribution < -0.4 is 29.6 Å². The molecule has 20 heavy (non-hydrogen) atoms. The van der Waals surface area contributed by atoms with Crippen molar-refractivity contribution >= 4 is 17.8 Å². The summed E-state index contributed by atoms with van der Waals surface area (Å²) < 4.78 is 0. The van der Waals surface area contributed by atoms with Gasteiger partial charge in [-0.2, -0.15) is 0 Å². The van der Waals surface area contributed by atoms with E-state index in [0.717, 1.165) is 23.3 Å². The summed E-state index contributed by atoms with van der Waals surface area (Å²) >= 11 is 0. The molecule has 0 N–H and O–H groups in total. The molecule has 0 radical (unpaired) electrons. The molecule has 0 aromatic carbocycles. The fraction of sp³-hybridized carbons (Fsp3) is 0.500. The second-order valence-electron chi connectivity index (χ2n) is 5.28. The Morgan fingerprint density at radius 1 is 1.50 bits per heavy atom. The van der Waals surface area contributed by atoms with E-state index in [0.29, 0.717) is 0 Å². The number of nitrogens with zero attached hydrogens (tertiary/aromatic N) is 2. The first-order valence-corrected chi connectivity index (χ1v) is 6.29. The van der Waals surface area contributed by atoms with Gasteiger partial charge in [-0.3, -0.25) is 14.4 Å². The van der Waals surface area contributed by atoms with Crippen molar-refractivity contribution in [1.82, 2.24) is 4.90 Å². The normalized spacial score (nSPS) is 29.2. The molecule has 4 amide bonds. The molecule has 2 unspecified atom stereocenters. The van der Waals surface area contributed by atoms with Crippen LogP contribution in [0.2, 0.25) is 0 Å². The van der Waals surface area contributed by atoms with E-state index in [1.54, 1.807) is 6.92 Å². The van der Waals surface area contributed by atoms with Gasteiger partial charge in [0.15, 0.2) is 17.8 Å². The maximum atomic E-state index is 12.5. The summed E-state index contributed by atoms with van der Waals surface area (Å²) in [6, 6.07) is -0.783. The van der Waals surface area contributed by atoms with Crippen molar-refractivity contribution in [3.63, 3.8) is 0 Å². The molecule has 1 fully saturated rings. The fourth-order valence-electron chi connectivity index (χ4n) is 2.86. The van der Waals surface area contributed by atoms with Crippen LogP contribution >= 0.6 is 0 Å². The van der Waals surface area contributed by atoms with Gasteiger partial charge >= 0.3 is 29.6 Å². The Morgan fingerprint density at radius 3 is 2.65 bits per heavy atom. The number of allylic oxidation sites excluding steroid dienone is 3. The molecular formula is C14H17N2NaO3. The Kier molecular flexibility index (Phi) is 5.35. The van der Waals surface area contributed by atoms with E-state index in [1.165, 1.54) is 7.05 Å². The summed E-state index contributed by atoms with van der Waals surface area (Å²) in [4.78, 5) is 37.3. The molecule has 2 aliphatic rings. The van der Waals surface area contributed by atoms with Crippen molar-refractivity contribution in [3.8, 4) is 0 Å². The first-order valence-electron chi connectivity index (χ1n) is 6.29. The van der Waals surface area contributed by atoms with Crippen molar-refractivity contribution in [1.29, 1.82) is 0 Å². The average molecular weight is 284 g/mol. The minimum absolute atomic E-state index is 0. The number of rotatable bonds is 3. The van der Waals surface area contributed by atoms with E-state index >= 15 is 0 Å². The molecule has 0 spiro atoms. The molecule has 102 valence electrons. The van der Waals surface area contributed by atoms with Crippen LogP contribution in [0.4, 0.5) is 4.79 Å². The number of urea groups is 1. The zero-order valence-electron chi connectivity index (χ0n) is 12.2. The third kappa shape index (κ3) is 2.62. The summed E-state index contributed by atoms with van der Waals surface area (Å²) in [5.74, 6) is -1.29. The minimum atomic E-state index is -1.28. The maximum Gasteiger partial charge on any atom is 1.00 e. The monoisotopic (exact) mass is 284 g/mol. The van der Waals surface area contributed by atoms with Crippen LogP contribution in [-0.2, 0) is 9.59 Å². The first kappa shape index (κ1) is 17.1. The molecule has 0 aromatic heterocycles. The Labute approximate surface area is 140 Å². The van der Waals surface area contributed by atoms with Gasteiger partial charge in [0.2, 0.25) is 0 Å². The van der Waals surface area contributed by atoms with Crippen LogP contribution in [0.25, 0.3) is 5.32 Å². The van der Waals surface area contributed by atoms with E-state index in [2.05, 4.69) is 11.9 Å². The topological polar surface area (TPSA) is 68.6 Å². The third-order valence-corrected chi connectivity index (χ3v) is 3.78. The van der Waals surface area contributed by atoms with Gasteiger partial charge in [-0.1, -0.05) is 24.8 Å². The predicted molar refractivity (Wildman–Crippen MR) is 70.3 cm³/mol. The van der Waals surface area contributed by atoms with Gasteiger partial charge in [0.25, 0.3) is 0 Å². The molecule has 1 heterocycles. The number of barbiturate groups is 1. The first-order chi connectivity index (χ1) is 8.89. The quantitative estimate of drug-likeness (QED) is 0.395. The van der Waals surface area contributed by atoms with Crippen LogP contribution in [0.15, 0.2) is 24.3 Å². The Bertz CT molecular complexity index is 501. The molecule has 1 aliphatic carbocycles. The van der Waals surface area contributed by atoms with Crippen molar-refractivity contribution in [2.24, 2.45) is 11.3 Å². The van der Waals surface area contributed by atoms with Crippen LogP contribution in [-0.4, -0.2) is 29.8 Å². The number of carbonyl (C=O) groups excluding carboxylic acids is 3. The van der Waals surface area contributed by atoms with Gasteiger partial charge in [0, 0.05) is 0 Å². The van der Waals surface area contributed by atoms with Crippen molar-refractivity contribution in [2.75, 3.05) is 7.05 Å².